The Balaban J connectivity index is 2.85. The summed E-state index contributed by atoms with van der Waals surface area (Å²) in [5.41, 5.74) is 0.569. The average molecular weight is 184 g/mol. The molecule has 1 aromatic rings. The van der Waals surface area contributed by atoms with Gasteiger partial charge in [0, 0.05) is 10.6 Å². The quantitative estimate of drug-likeness (QED) is 0.549. The predicted octanol–water partition coefficient (Wildman–Crippen LogP) is 0.493. The molecule has 0 radical (unpaired) electrons. The Labute approximate surface area is 71.9 Å². The van der Waals surface area contributed by atoms with Crippen molar-refractivity contribution in [3.63, 3.8) is 0 Å². The Kier molecular flexibility index (Phi) is 2.95. The second-order valence-electron chi connectivity index (χ2n) is 2.02. The van der Waals surface area contributed by atoms with Crippen LogP contribution in [0.4, 0.5) is 5.69 Å². The number of amides is 1. The monoisotopic (exact) mass is 184 g/mol. The number of hydrogen-bond acceptors (Lipinski definition) is 3. The minimum absolute atomic E-state index is 0.200. The highest BCUT2D eigenvalue weighted by molar-refractivity contribution is 7.79. The highest BCUT2D eigenvalue weighted by atomic mass is 32.2. The Morgan fingerprint density at radius 2 is 1.92 bits per heavy atom. The van der Waals surface area contributed by atoms with Crippen LogP contribution in [0.15, 0.2) is 29.2 Å². The van der Waals surface area contributed by atoms with E-state index in [1.54, 1.807) is 0 Å². The second kappa shape index (κ2) is 3.99. The van der Waals surface area contributed by atoms with Gasteiger partial charge in [0.05, 0.1) is 0 Å². The third-order valence-corrected chi connectivity index (χ3v) is 1.93. The van der Waals surface area contributed by atoms with Gasteiger partial charge in [-0.05, 0) is 35.3 Å². The van der Waals surface area contributed by atoms with Gasteiger partial charge in [0.25, 0.3) is 0 Å². The summed E-state index contributed by atoms with van der Waals surface area (Å²) in [5, 5.41) is 2.39. The fourth-order valence-electron chi connectivity index (χ4n) is 0.730. The lowest BCUT2D eigenvalue weighted by Crippen LogP contribution is -1.94. The van der Waals surface area contributed by atoms with E-state index in [1.807, 2.05) is 0 Å². The topological polar surface area (TPSA) is 69.2 Å². The highest BCUT2D eigenvalue weighted by Gasteiger charge is 1.92. The number of anilines is 1. The smallest absolute Gasteiger partial charge is 0.211 e. The Hall–Kier alpha value is -1.20. The molecule has 1 amide bonds. The van der Waals surface area contributed by atoms with Crippen LogP contribution in [-0.2, 0) is 15.9 Å². The Morgan fingerprint density at radius 3 is 2.33 bits per heavy atom. The zero-order valence-electron chi connectivity index (χ0n) is 6.02. The van der Waals surface area contributed by atoms with Gasteiger partial charge in [-0.3, -0.25) is 9.00 Å². The molecule has 0 bridgehead atoms. The van der Waals surface area contributed by atoms with Crippen LogP contribution >= 0.6 is 0 Å². The van der Waals surface area contributed by atoms with Crippen molar-refractivity contribution in [2.24, 2.45) is 0 Å². The van der Waals surface area contributed by atoms with Gasteiger partial charge in [0.1, 0.15) is 0 Å². The van der Waals surface area contributed by atoms with Crippen molar-refractivity contribution in [3.8, 4) is 0 Å². The van der Waals surface area contributed by atoms with Gasteiger partial charge in [-0.15, -0.1) is 0 Å². The third kappa shape index (κ3) is 2.14. The molecule has 64 valence electrons. The Bertz CT molecular complexity index is 296. The molecule has 1 aromatic carbocycles. The molecular formula is C7H6NO3S-. The normalized spacial score (nSPS) is 12.1. The van der Waals surface area contributed by atoms with Gasteiger partial charge in [-0.2, -0.15) is 0 Å². The summed E-state index contributed by atoms with van der Waals surface area (Å²) in [4.78, 5) is 10.2. The first-order valence-corrected chi connectivity index (χ1v) is 4.21. The molecule has 0 aromatic heterocycles. The molecule has 4 nitrogen and oxygen atoms in total. The molecule has 1 N–H and O–H groups in total. The predicted molar refractivity (Wildman–Crippen MR) is 43.3 cm³/mol. The van der Waals surface area contributed by atoms with E-state index in [1.165, 1.54) is 24.3 Å². The standard InChI is InChI=1S/C7H7NO3S/c9-5-8-6-1-3-7(4-2-6)12(10)11/h1-5H,(H,8,9)(H,10,11)/p-1. The van der Waals surface area contributed by atoms with E-state index in [0.29, 0.717) is 12.1 Å². The van der Waals surface area contributed by atoms with Gasteiger partial charge in [-0.25, -0.2) is 0 Å². The lowest BCUT2D eigenvalue weighted by atomic mass is 10.3. The Morgan fingerprint density at radius 1 is 1.33 bits per heavy atom. The van der Waals surface area contributed by atoms with Gasteiger partial charge < -0.3 is 9.87 Å². The number of carbonyl (C=O) groups is 1. The van der Waals surface area contributed by atoms with E-state index in [2.05, 4.69) is 5.32 Å². The maximum atomic E-state index is 10.4. The summed E-state index contributed by atoms with van der Waals surface area (Å²) >= 11 is -2.21. The fourth-order valence-corrected chi connectivity index (χ4v) is 1.09. The van der Waals surface area contributed by atoms with E-state index >= 15 is 0 Å². The summed E-state index contributed by atoms with van der Waals surface area (Å²) in [6.07, 6.45) is 0.531. The average Bonchev–Trinajstić information content (AvgIpc) is 2.06. The SMILES string of the molecule is O=CNc1ccc(S(=O)[O-])cc1. The summed E-state index contributed by atoms with van der Waals surface area (Å²) in [5.74, 6) is 0. The molecule has 1 rings (SSSR count). The van der Waals surface area contributed by atoms with Gasteiger partial charge in [0.15, 0.2) is 0 Å². The van der Waals surface area contributed by atoms with E-state index in [9.17, 15) is 13.6 Å². The zero-order valence-corrected chi connectivity index (χ0v) is 6.84. The fraction of sp³-hybridized carbons (Fsp3) is 0. The van der Waals surface area contributed by atoms with Crippen LogP contribution in [0, 0.1) is 0 Å². The molecule has 0 heterocycles. The molecule has 0 aliphatic heterocycles. The van der Waals surface area contributed by atoms with Crippen molar-refractivity contribution in [3.05, 3.63) is 24.3 Å². The van der Waals surface area contributed by atoms with Crippen molar-refractivity contribution in [2.45, 2.75) is 4.90 Å². The molecule has 0 aliphatic rings. The number of nitrogens with one attached hydrogen (secondary N) is 1. The van der Waals surface area contributed by atoms with Crippen molar-refractivity contribution < 1.29 is 13.6 Å². The first kappa shape index (κ1) is 8.89. The first-order valence-electron chi connectivity index (χ1n) is 3.13. The summed E-state index contributed by atoms with van der Waals surface area (Å²) in [7, 11) is 0. The zero-order chi connectivity index (χ0) is 8.97. The molecule has 1 atom stereocenters. The van der Waals surface area contributed by atoms with Crippen LogP contribution in [0.1, 0.15) is 0 Å². The molecule has 0 fully saturated rings. The maximum Gasteiger partial charge on any atom is 0.211 e. The van der Waals surface area contributed by atoms with Gasteiger partial charge in [-0.1, -0.05) is 0 Å². The minimum atomic E-state index is -2.21. The van der Waals surface area contributed by atoms with Crippen molar-refractivity contribution in [1.82, 2.24) is 0 Å². The number of benzene rings is 1. The minimum Gasteiger partial charge on any atom is -0.768 e. The van der Waals surface area contributed by atoms with Crippen LogP contribution in [0.25, 0.3) is 0 Å². The van der Waals surface area contributed by atoms with Gasteiger partial charge >= 0.3 is 0 Å². The second-order valence-corrected chi connectivity index (χ2v) is 2.96. The van der Waals surface area contributed by atoms with Gasteiger partial charge in [0.2, 0.25) is 6.41 Å². The summed E-state index contributed by atoms with van der Waals surface area (Å²) in [6.45, 7) is 0. The molecule has 12 heavy (non-hydrogen) atoms. The van der Waals surface area contributed by atoms with Crippen LogP contribution in [0.2, 0.25) is 0 Å². The lowest BCUT2D eigenvalue weighted by molar-refractivity contribution is -0.105. The van der Waals surface area contributed by atoms with Crippen LogP contribution in [-0.4, -0.2) is 15.2 Å². The van der Waals surface area contributed by atoms with E-state index in [0.717, 1.165) is 0 Å². The molecular weight excluding hydrogens is 178 g/mol. The number of rotatable bonds is 3. The molecule has 1 unspecified atom stereocenters. The largest absolute Gasteiger partial charge is 0.768 e. The summed E-state index contributed by atoms with van der Waals surface area (Å²) in [6, 6.07) is 5.85. The molecule has 0 saturated carbocycles. The molecule has 0 saturated heterocycles. The van der Waals surface area contributed by atoms with Crippen LogP contribution in [0.5, 0.6) is 0 Å². The molecule has 0 aliphatic carbocycles. The van der Waals surface area contributed by atoms with Crippen LogP contribution < -0.4 is 5.32 Å². The van der Waals surface area contributed by atoms with Crippen molar-refractivity contribution in [1.29, 1.82) is 0 Å². The first-order chi connectivity index (χ1) is 5.74. The highest BCUT2D eigenvalue weighted by Crippen LogP contribution is 2.10. The van der Waals surface area contributed by atoms with Crippen molar-refractivity contribution in [2.75, 3.05) is 5.32 Å². The summed E-state index contributed by atoms with van der Waals surface area (Å²) < 4.78 is 20.8. The molecule has 0 spiro atoms. The van der Waals surface area contributed by atoms with Crippen LogP contribution in [0.3, 0.4) is 0 Å². The van der Waals surface area contributed by atoms with Crippen molar-refractivity contribution >= 4 is 23.2 Å². The van der Waals surface area contributed by atoms with E-state index in [4.69, 9.17) is 0 Å². The lowest BCUT2D eigenvalue weighted by Gasteiger charge is -2.04. The maximum absolute atomic E-state index is 10.4. The number of carbonyl (C=O) groups excluding carboxylic acids is 1. The number of hydrogen-bond donors (Lipinski definition) is 1. The van der Waals surface area contributed by atoms with E-state index < -0.39 is 11.1 Å². The molecule has 5 heteroatoms. The third-order valence-electron chi connectivity index (χ3n) is 1.27. The van der Waals surface area contributed by atoms with E-state index in [-0.39, 0.29) is 4.90 Å².